The summed E-state index contributed by atoms with van der Waals surface area (Å²) >= 11 is 0. The van der Waals surface area contributed by atoms with Gasteiger partial charge >= 0.3 is 0 Å². The minimum atomic E-state index is -1.29. The summed E-state index contributed by atoms with van der Waals surface area (Å²) in [4.78, 5) is 11.9. The minimum Gasteiger partial charge on any atom is -0.508 e. The molecule has 2 atom stereocenters. The first-order chi connectivity index (χ1) is 9.35. The molecule has 0 heterocycles. The number of hydrogen-bond acceptors (Lipinski definition) is 3. The topological polar surface area (TPSA) is 69.6 Å². The van der Waals surface area contributed by atoms with E-state index in [1.165, 1.54) is 0 Å². The highest BCUT2D eigenvalue weighted by Crippen LogP contribution is 2.14. The van der Waals surface area contributed by atoms with E-state index in [1.54, 1.807) is 19.1 Å². The van der Waals surface area contributed by atoms with Gasteiger partial charge in [-0.05, 0) is 50.8 Å². The molecule has 112 valence electrons. The molecule has 1 aromatic carbocycles. The van der Waals surface area contributed by atoms with Crippen LogP contribution in [0.4, 0.5) is 0 Å². The molecule has 0 spiro atoms. The summed E-state index contributed by atoms with van der Waals surface area (Å²) in [6.07, 6.45) is 2.84. The second-order valence-corrected chi connectivity index (χ2v) is 5.60. The monoisotopic (exact) mass is 279 g/mol. The highest BCUT2D eigenvalue weighted by Gasteiger charge is 2.29. The van der Waals surface area contributed by atoms with Crippen molar-refractivity contribution in [3.63, 3.8) is 0 Å². The van der Waals surface area contributed by atoms with Gasteiger partial charge in [0.15, 0.2) is 0 Å². The van der Waals surface area contributed by atoms with Crippen molar-refractivity contribution in [3.8, 4) is 5.75 Å². The predicted molar refractivity (Wildman–Crippen MR) is 79.6 cm³/mol. The van der Waals surface area contributed by atoms with Crippen LogP contribution in [0, 0.1) is 0 Å². The van der Waals surface area contributed by atoms with E-state index in [0.29, 0.717) is 6.42 Å². The third-order valence-electron chi connectivity index (χ3n) is 3.41. The van der Waals surface area contributed by atoms with Crippen LogP contribution in [0.2, 0.25) is 0 Å². The summed E-state index contributed by atoms with van der Waals surface area (Å²) in [7, 11) is 0. The molecule has 2 unspecified atom stereocenters. The molecular formula is C16H25NO3. The number of benzene rings is 1. The number of rotatable bonds is 7. The molecule has 0 saturated carbocycles. The van der Waals surface area contributed by atoms with Crippen molar-refractivity contribution in [1.82, 2.24) is 5.32 Å². The quantitative estimate of drug-likeness (QED) is 0.717. The van der Waals surface area contributed by atoms with Gasteiger partial charge in [-0.2, -0.15) is 0 Å². The molecule has 0 aliphatic carbocycles. The molecule has 0 bridgehead atoms. The maximum atomic E-state index is 11.9. The Balaban J connectivity index is 2.41. The lowest BCUT2D eigenvalue weighted by Gasteiger charge is -2.24. The standard InChI is InChI=1S/C16H25NO3/c1-4-11-16(3,20)15(19)17-12(2)5-6-13-7-9-14(18)10-8-13/h7-10,12,18,20H,4-6,11H2,1-3H3,(H,17,19). The molecule has 0 fully saturated rings. The largest absolute Gasteiger partial charge is 0.508 e. The van der Waals surface area contributed by atoms with E-state index >= 15 is 0 Å². The van der Waals surface area contributed by atoms with E-state index in [1.807, 2.05) is 26.0 Å². The third kappa shape index (κ3) is 5.21. The van der Waals surface area contributed by atoms with E-state index in [2.05, 4.69) is 5.32 Å². The van der Waals surface area contributed by atoms with E-state index in [0.717, 1.165) is 24.8 Å². The maximum Gasteiger partial charge on any atom is 0.251 e. The number of phenols is 1. The molecule has 1 aromatic rings. The van der Waals surface area contributed by atoms with Crippen LogP contribution in [0.1, 0.15) is 45.6 Å². The third-order valence-corrected chi connectivity index (χ3v) is 3.41. The van der Waals surface area contributed by atoms with Gasteiger partial charge in [0.05, 0.1) is 0 Å². The molecule has 0 saturated heterocycles. The number of amides is 1. The molecule has 0 aromatic heterocycles. The fraction of sp³-hybridized carbons (Fsp3) is 0.562. The molecule has 1 amide bonds. The number of nitrogens with one attached hydrogen (secondary N) is 1. The Kier molecular flexibility index (Phi) is 6.02. The first-order valence-corrected chi connectivity index (χ1v) is 7.16. The summed E-state index contributed by atoms with van der Waals surface area (Å²) in [5.74, 6) is -0.0525. The van der Waals surface area contributed by atoms with E-state index in [4.69, 9.17) is 0 Å². The fourth-order valence-corrected chi connectivity index (χ4v) is 2.10. The Hall–Kier alpha value is -1.55. The van der Waals surface area contributed by atoms with E-state index in [9.17, 15) is 15.0 Å². The number of hydrogen-bond donors (Lipinski definition) is 3. The Morgan fingerprint density at radius 3 is 2.50 bits per heavy atom. The first-order valence-electron chi connectivity index (χ1n) is 7.16. The van der Waals surface area contributed by atoms with Gasteiger partial charge in [0.25, 0.3) is 5.91 Å². The lowest BCUT2D eigenvalue weighted by Crippen LogP contribution is -2.47. The molecule has 1 rings (SSSR count). The summed E-state index contributed by atoms with van der Waals surface area (Å²) in [5, 5.41) is 22.1. The van der Waals surface area contributed by atoms with Crippen molar-refractivity contribution in [1.29, 1.82) is 0 Å². The van der Waals surface area contributed by atoms with Gasteiger partial charge in [0, 0.05) is 6.04 Å². The fourth-order valence-electron chi connectivity index (χ4n) is 2.10. The van der Waals surface area contributed by atoms with Crippen molar-refractivity contribution >= 4 is 5.91 Å². The van der Waals surface area contributed by atoms with Gasteiger partial charge in [0.1, 0.15) is 11.4 Å². The Morgan fingerprint density at radius 1 is 1.35 bits per heavy atom. The number of aliphatic hydroxyl groups is 1. The van der Waals surface area contributed by atoms with Gasteiger partial charge in [-0.3, -0.25) is 4.79 Å². The first kappa shape index (κ1) is 16.5. The molecule has 4 nitrogen and oxygen atoms in total. The van der Waals surface area contributed by atoms with Crippen LogP contribution in [0.25, 0.3) is 0 Å². The summed E-state index contributed by atoms with van der Waals surface area (Å²) in [5.41, 5.74) is -0.175. The van der Waals surface area contributed by atoms with Gasteiger partial charge < -0.3 is 15.5 Å². The van der Waals surface area contributed by atoms with Crippen LogP contribution in [0.5, 0.6) is 5.75 Å². The summed E-state index contributed by atoms with van der Waals surface area (Å²) < 4.78 is 0. The number of aromatic hydroxyl groups is 1. The van der Waals surface area contributed by atoms with Crippen LogP contribution in [-0.2, 0) is 11.2 Å². The summed E-state index contributed by atoms with van der Waals surface area (Å²) in [6.45, 7) is 5.43. The van der Waals surface area contributed by atoms with Gasteiger partial charge in [-0.25, -0.2) is 0 Å². The molecule has 0 aliphatic heterocycles. The molecule has 0 radical (unpaired) electrons. The van der Waals surface area contributed by atoms with E-state index in [-0.39, 0.29) is 17.7 Å². The van der Waals surface area contributed by atoms with Crippen LogP contribution < -0.4 is 5.32 Å². The number of phenolic OH excluding ortho intramolecular Hbond substituents is 1. The second-order valence-electron chi connectivity index (χ2n) is 5.60. The zero-order valence-electron chi connectivity index (χ0n) is 12.5. The van der Waals surface area contributed by atoms with Crippen LogP contribution in [0.15, 0.2) is 24.3 Å². The van der Waals surface area contributed by atoms with Crippen LogP contribution in [0.3, 0.4) is 0 Å². The minimum absolute atomic E-state index is 0.000339. The average molecular weight is 279 g/mol. The van der Waals surface area contributed by atoms with Gasteiger partial charge in [-0.1, -0.05) is 25.5 Å². The van der Waals surface area contributed by atoms with Gasteiger partial charge in [0.2, 0.25) is 0 Å². The van der Waals surface area contributed by atoms with E-state index < -0.39 is 5.60 Å². The Morgan fingerprint density at radius 2 is 1.95 bits per heavy atom. The number of carbonyl (C=O) groups excluding carboxylic acids is 1. The Labute approximate surface area is 120 Å². The highest BCUT2D eigenvalue weighted by molar-refractivity contribution is 5.84. The van der Waals surface area contributed by atoms with Crippen LogP contribution in [-0.4, -0.2) is 27.8 Å². The SMILES string of the molecule is CCCC(C)(O)C(=O)NC(C)CCc1ccc(O)cc1. The highest BCUT2D eigenvalue weighted by atomic mass is 16.3. The van der Waals surface area contributed by atoms with Crippen molar-refractivity contribution in [2.75, 3.05) is 0 Å². The Bertz CT molecular complexity index is 426. The predicted octanol–water partition coefficient (Wildman–Crippen LogP) is 2.38. The molecule has 3 N–H and O–H groups in total. The second kappa shape index (κ2) is 7.29. The van der Waals surface area contributed by atoms with Crippen LogP contribution >= 0.6 is 0 Å². The molecular weight excluding hydrogens is 254 g/mol. The zero-order chi connectivity index (χ0) is 15.2. The van der Waals surface area contributed by atoms with Crippen molar-refractivity contribution in [3.05, 3.63) is 29.8 Å². The molecule has 0 aliphatic rings. The molecule has 4 heteroatoms. The molecule has 20 heavy (non-hydrogen) atoms. The lowest BCUT2D eigenvalue weighted by atomic mass is 9.98. The smallest absolute Gasteiger partial charge is 0.251 e. The lowest BCUT2D eigenvalue weighted by molar-refractivity contribution is -0.139. The summed E-state index contributed by atoms with van der Waals surface area (Å²) in [6, 6.07) is 7.06. The normalized spacial score (nSPS) is 15.4. The number of carbonyl (C=O) groups is 1. The van der Waals surface area contributed by atoms with Crippen molar-refractivity contribution in [2.45, 2.75) is 58.1 Å². The maximum absolute atomic E-state index is 11.9. The van der Waals surface area contributed by atoms with Gasteiger partial charge in [-0.15, -0.1) is 0 Å². The van der Waals surface area contributed by atoms with Crippen molar-refractivity contribution in [2.24, 2.45) is 0 Å². The van der Waals surface area contributed by atoms with Crippen molar-refractivity contribution < 1.29 is 15.0 Å². The number of aryl methyl sites for hydroxylation is 1. The average Bonchev–Trinajstić information content (AvgIpc) is 2.38. The zero-order valence-corrected chi connectivity index (χ0v) is 12.5.